The molecule has 7 heteroatoms. The van der Waals surface area contributed by atoms with Crippen molar-refractivity contribution in [3.8, 4) is 0 Å². The third-order valence-corrected chi connectivity index (χ3v) is 2.81. The average molecular weight is 307 g/mol. The molecule has 0 spiro atoms. The Morgan fingerprint density at radius 1 is 1.06 bits per heavy atom. The molecule has 1 aromatic heterocycles. The molecule has 0 fully saturated rings. The van der Waals surface area contributed by atoms with E-state index in [-0.39, 0.29) is 56.5 Å². The zero-order valence-corrected chi connectivity index (χ0v) is 10.5. The van der Waals surface area contributed by atoms with Crippen LogP contribution in [-0.4, -0.2) is 61.4 Å². The molecule has 4 nitrogen and oxygen atoms in total. The third kappa shape index (κ3) is 4.09. The van der Waals surface area contributed by atoms with E-state index in [0.29, 0.717) is 28.6 Å². The van der Waals surface area contributed by atoms with Gasteiger partial charge in [-0.05, 0) is 17.7 Å². The Hall–Kier alpha value is 0.176. The molecule has 0 saturated heterocycles. The molecule has 0 aliphatic carbocycles. The number of hydrogen-bond donors (Lipinski definition) is 3. The first-order valence-electron chi connectivity index (χ1n) is 4.91. The molecule has 0 aliphatic rings. The van der Waals surface area contributed by atoms with Gasteiger partial charge in [0, 0.05) is 17.0 Å². The molecule has 0 saturated carbocycles. The van der Waals surface area contributed by atoms with Crippen LogP contribution in [0.5, 0.6) is 0 Å². The van der Waals surface area contributed by atoms with Crippen LogP contribution in [0.2, 0.25) is 5.02 Å². The third-order valence-electron chi connectivity index (χ3n) is 2.35. The first-order chi connectivity index (χ1) is 8.06. The Kier molecular flexibility index (Phi) is 6.39. The van der Waals surface area contributed by atoms with Gasteiger partial charge in [-0.25, -0.2) is 9.97 Å². The number of nitrogen functional groups attached to an aromatic ring is 2. The van der Waals surface area contributed by atoms with Gasteiger partial charge < -0.3 is 11.5 Å². The molecule has 0 aliphatic heterocycles. The molecule has 0 radical (unpaired) electrons. The molecule has 0 amide bonds. The first-order valence-corrected chi connectivity index (χ1v) is 5.74. The van der Waals surface area contributed by atoms with Crippen LogP contribution in [-0.2, 0) is 6.42 Å². The van der Waals surface area contributed by atoms with Gasteiger partial charge in [0.1, 0.15) is 11.6 Å². The van der Waals surface area contributed by atoms with Gasteiger partial charge in [0.05, 0.1) is 0 Å². The fraction of sp³-hybridized carbons (Fsp3) is 0.0909. The van der Waals surface area contributed by atoms with Crippen molar-refractivity contribution in [1.29, 1.82) is 0 Å². The SMILES string of the molecule is Nc1nc(S)nc(N)c1Cc1ccc(Cl)cc1.[KH]. The van der Waals surface area contributed by atoms with Crippen molar-refractivity contribution in [1.82, 2.24) is 9.97 Å². The van der Waals surface area contributed by atoms with E-state index in [1.165, 1.54) is 0 Å². The van der Waals surface area contributed by atoms with Crippen LogP contribution in [0.3, 0.4) is 0 Å². The van der Waals surface area contributed by atoms with Crippen LogP contribution >= 0.6 is 24.2 Å². The van der Waals surface area contributed by atoms with Crippen molar-refractivity contribution in [3.63, 3.8) is 0 Å². The molecule has 90 valence electrons. The minimum absolute atomic E-state index is 0. The van der Waals surface area contributed by atoms with Crippen molar-refractivity contribution < 1.29 is 0 Å². The summed E-state index contributed by atoms with van der Waals surface area (Å²) in [5.74, 6) is 0.718. The maximum atomic E-state index is 5.81. The molecule has 0 unspecified atom stereocenters. The second-order valence-corrected chi connectivity index (χ2v) is 4.41. The Labute approximate surface area is 158 Å². The summed E-state index contributed by atoms with van der Waals surface area (Å²) in [5, 5.41) is 0.969. The zero-order chi connectivity index (χ0) is 12.4. The summed E-state index contributed by atoms with van der Waals surface area (Å²) in [6, 6.07) is 7.46. The van der Waals surface area contributed by atoms with E-state index in [9.17, 15) is 0 Å². The number of nitrogens with two attached hydrogens (primary N) is 2. The number of anilines is 2. The van der Waals surface area contributed by atoms with Gasteiger partial charge in [-0.2, -0.15) is 0 Å². The fourth-order valence-corrected chi connectivity index (χ4v) is 1.84. The van der Waals surface area contributed by atoms with Crippen LogP contribution in [0.15, 0.2) is 29.4 Å². The summed E-state index contributed by atoms with van der Waals surface area (Å²) in [4.78, 5) is 7.95. The Morgan fingerprint density at radius 2 is 1.56 bits per heavy atom. The predicted octanol–water partition coefficient (Wildman–Crippen LogP) is 1.53. The summed E-state index contributed by atoms with van der Waals surface area (Å²) < 4.78 is 0. The van der Waals surface area contributed by atoms with E-state index >= 15 is 0 Å². The summed E-state index contributed by atoms with van der Waals surface area (Å²) in [5.41, 5.74) is 13.3. The number of halogens is 1. The quantitative estimate of drug-likeness (QED) is 0.447. The van der Waals surface area contributed by atoms with E-state index in [0.717, 1.165) is 5.56 Å². The standard InChI is InChI=1S/C11H11ClN4S.K.H/c12-7-3-1-6(2-4-7)5-8-9(13)15-11(17)16-10(8)14;;/h1-4H,5H2,(H5,13,14,15,16,17);;. The molecule has 2 rings (SSSR count). The summed E-state index contributed by atoms with van der Waals surface area (Å²) in [6.45, 7) is 0. The molecule has 4 N–H and O–H groups in total. The molecule has 2 aromatic rings. The molecule has 0 bridgehead atoms. The van der Waals surface area contributed by atoms with E-state index in [4.69, 9.17) is 23.1 Å². The Bertz CT molecular complexity index is 524. The number of benzene rings is 1. The second-order valence-electron chi connectivity index (χ2n) is 3.58. The summed E-state index contributed by atoms with van der Waals surface area (Å²) in [7, 11) is 0. The van der Waals surface area contributed by atoms with Gasteiger partial charge >= 0.3 is 51.4 Å². The molecule has 0 atom stereocenters. The van der Waals surface area contributed by atoms with E-state index in [2.05, 4.69) is 22.6 Å². The number of rotatable bonds is 2. The Morgan fingerprint density at radius 3 is 2.06 bits per heavy atom. The van der Waals surface area contributed by atoms with Crippen molar-refractivity contribution in [2.45, 2.75) is 11.6 Å². The van der Waals surface area contributed by atoms with Gasteiger partial charge in [-0.1, -0.05) is 23.7 Å². The number of aromatic nitrogens is 2. The number of nitrogens with zero attached hydrogens (tertiary/aromatic N) is 2. The zero-order valence-electron chi connectivity index (χ0n) is 8.89. The van der Waals surface area contributed by atoms with Crippen molar-refractivity contribution in [3.05, 3.63) is 40.4 Å². The van der Waals surface area contributed by atoms with Crippen LogP contribution in [0.25, 0.3) is 0 Å². The van der Waals surface area contributed by atoms with Gasteiger partial charge in [0.2, 0.25) is 0 Å². The molecule has 18 heavy (non-hydrogen) atoms. The molecular formula is C11H12ClKN4S. The molecule has 1 aromatic carbocycles. The topological polar surface area (TPSA) is 77.8 Å². The fourth-order valence-electron chi connectivity index (χ4n) is 1.49. The first kappa shape index (κ1) is 16.2. The van der Waals surface area contributed by atoms with Crippen molar-refractivity contribution >= 4 is 87.2 Å². The van der Waals surface area contributed by atoms with Crippen LogP contribution in [0, 0.1) is 0 Å². The number of thiol groups is 1. The number of hydrogen-bond acceptors (Lipinski definition) is 5. The van der Waals surface area contributed by atoms with Crippen LogP contribution in [0.1, 0.15) is 11.1 Å². The van der Waals surface area contributed by atoms with Crippen LogP contribution in [0.4, 0.5) is 11.6 Å². The van der Waals surface area contributed by atoms with Crippen LogP contribution < -0.4 is 11.5 Å². The van der Waals surface area contributed by atoms with Gasteiger partial charge in [-0.3, -0.25) is 0 Å². The molecular weight excluding hydrogens is 295 g/mol. The second kappa shape index (κ2) is 7.09. The van der Waals surface area contributed by atoms with E-state index in [1.54, 1.807) is 0 Å². The molecule has 1 heterocycles. The minimum atomic E-state index is 0. The normalized spacial score (nSPS) is 9.89. The monoisotopic (exact) mass is 306 g/mol. The van der Waals surface area contributed by atoms with Gasteiger partial charge in [0.25, 0.3) is 0 Å². The van der Waals surface area contributed by atoms with Crippen molar-refractivity contribution in [2.75, 3.05) is 11.5 Å². The van der Waals surface area contributed by atoms with Gasteiger partial charge in [-0.15, -0.1) is 12.6 Å². The average Bonchev–Trinajstić information content (AvgIpc) is 2.26. The van der Waals surface area contributed by atoms with Crippen molar-refractivity contribution in [2.24, 2.45) is 0 Å². The Balaban J connectivity index is 0.00000162. The maximum absolute atomic E-state index is 5.81. The van der Waals surface area contributed by atoms with Gasteiger partial charge in [0.15, 0.2) is 5.16 Å². The summed E-state index contributed by atoms with van der Waals surface area (Å²) >= 11 is 9.82. The summed E-state index contributed by atoms with van der Waals surface area (Å²) in [6.07, 6.45) is 0.572. The predicted molar refractivity (Wildman–Crippen MR) is 79.5 cm³/mol. The van der Waals surface area contributed by atoms with E-state index in [1.807, 2.05) is 24.3 Å². The van der Waals surface area contributed by atoms with E-state index < -0.39 is 0 Å².